The van der Waals surface area contributed by atoms with E-state index in [0.717, 1.165) is 43.8 Å². The molecule has 1 aromatic carbocycles. The minimum Gasteiger partial charge on any atom is -0.467 e. The van der Waals surface area contributed by atoms with Gasteiger partial charge in [0.15, 0.2) is 6.79 Å². The van der Waals surface area contributed by atoms with Crippen LogP contribution < -0.4 is 10.1 Å². The van der Waals surface area contributed by atoms with Gasteiger partial charge in [-0.15, -0.1) is 0 Å². The van der Waals surface area contributed by atoms with Gasteiger partial charge in [0.2, 0.25) is 0 Å². The number of hydrogen-bond donors (Lipinski definition) is 1. The fourth-order valence-corrected chi connectivity index (χ4v) is 2.97. The summed E-state index contributed by atoms with van der Waals surface area (Å²) in [7, 11) is 1.67. The first-order valence-corrected chi connectivity index (χ1v) is 9.07. The lowest BCUT2D eigenvalue weighted by atomic mass is 9.97. The Hall–Kier alpha value is -1.39. The molecule has 1 saturated carbocycles. The summed E-state index contributed by atoms with van der Waals surface area (Å²) in [4.78, 5) is 9.94. The zero-order valence-corrected chi connectivity index (χ0v) is 15.2. The predicted molar refractivity (Wildman–Crippen MR) is 96.6 cm³/mol. The van der Waals surface area contributed by atoms with Crippen molar-refractivity contribution in [1.82, 2.24) is 5.32 Å². The summed E-state index contributed by atoms with van der Waals surface area (Å²) in [5, 5.41) is 3.04. The van der Waals surface area contributed by atoms with E-state index in [9.17, 15) is 4.79 Å². The van der Waals surface area contributed by atoms with E-state index in [2.05, 4.69) is 37.4 Å². The van der Waals surface area contributed by atoms with E-state index in [-0.39, 0.29) is 6.04 Å². The third kappa shape index (κ3) is 5.91. The van der Waals surface area contributed by atoms with Crippen LogP contribution in [0.2, 0.25) is 0 Å². The zero-order chi connectivity index (χ0) is 17.4. The minimum atomic E-state index is 0.167. The van der Waals surface area contributed by atoms with Crippen LogP contribution in [0.1, 0.15) is 56.6 Å². The van der Waals surface area contributed by atoms with Crippen LogP contribution in [-0.4, -0.2) is 32.8 Å². The van der Waals surface area contributed by atoms with Crippen LogP contribution >= 0.6 is 0 Å². The Labute approximate surface area is 145 Å². The van der Waals surface area contributed by atoms with E-state index in [1.165, 1.54) is 24.0 Å². The second-order valence-electron chi connectivity index (χ2n) is 7.03. The van der Waals surface area contributed by atoms with E-state index in [1.807, 2.05) is 0 Å². The highest BCUT2D eigenvalue weighted by Gasteiger charge is 2.24. The number of rotatable bonds is 7. The molecule has 1 heterocycles. The first-order valence-electron chi connectivity index (χ1n) is 9.07. The van der Waals surface area contributed by atoms with Crippen molar-refractivity contribution in [3.63, 3.8) is 0 Å². The predicted octanol–water partition coefficient (Wildman–Crippen LogP) is 3.68. The summed E-state index contributed by atoms with van der Waals surface area (Å²) >= 11 is 0. The van der Waals surface area contributed by atoms with Crippen molar-refractivity contribution < 1.29 is 14.3 Å². The molecule has 0 radical (unpaired) electrons. The first-order chi connectivity index (χ1) is 11.7. The fraction of sp³-hybridized carbons (Fsp3) is 0.650. The van der Waals surface area contributed by atoms with Gasteiger partial charge in [-0.1, -0.05) is 32.0 Å². The molecule has 2 aliphatic rings. The van der Waals surface area contributed by atoms with Gasteiger partial charge >= 0.3 is 0 Å². The van der Waals surface area contributed by atoms with Crippen molar-refractivity contribution >= 4 is 6.29 Å². The van der Waals surface area contributed by atoms with Crippen LogP contribution in [0.3, 0.4) is 0 Å². The van der Waals surface area contributed by atoms with Gasteiger partial charge in [-0.2, -0.15) is 0 Å². The molecule has 0 bridgehead atoms. The number of para-hydroxylation sites is 1. The van der Waals surface area contributed by atoms with Gasteiger partial charge in [-0.05, 0) is 61.6 Å². The summed E-state index contributed by atoms with van der Waals surface area (Å²) < 4.78 is 10.8. The number of nitrogens with one attached hydrogen (secondary N) is 1. The van der Waals surface area contributed by atoms with Gasteiger partial charge in [0.05, 0.1) is 6.04 Å². The summed E-state index contributed by atoms with van der Waals surface area (Å²) in [5.41, 5.74) is 2.64. The lowest BCUT2D eigenvalue weighted by Gasteiger charge is -2.17. The highest BCUT2D eigenvalue weighted by Crippen LogP contribution is 2.38. The Morgan fingerprint density at radius 1 is 1.29 bits per heavy atom. The first kappa shape index (κ1) is 18.9. The largest absolute Gasteiger partial charge is 0.467 e. The molecule has 0 amide bonds. The molecule has 24 heavy (non-hydrogen) atoms. The summed E-state index contributed by atoms with van der Waals surface area (Å²) in [6.45, 7) is 5.76. The molecule has 134 valence electrons. The normalized spacial score (nSPS) is 19.8. The van der Waals surface area contributed by atoms with Crippen LogP contribution in [0.4, 0.5) is 0 Å². The van der Waals surface area contributed by atoms with Gasteiger partial charge in [-0.25, -0.2) is 0 Å². The lowest BCUT2D eigenvalue weighted by Crippen LogP contribution is -2.21. The highest BCUT2D eigenvalue weighted by atomic mass is 16.7. The minimum absolute atomic E-state index is 0.167. The Balaban J connectivity index is 0.000000249. The molecule has 3 rings (SSSR count). The Kier molecular flexibility index (Phi) is 7.73. The molecule has 4 heteroatoms. The molecule has 1 aromatic rings. The van der Waals surface area contributed by atoms with Crippen molar-refractivity contribution in [2.45, 2.75) is 57.9 Å². The maximum absolute atomic E-state index is 9.94. The number of methoxy groups -OCH3 is 1. The number of ether oxygens (including phenoxy) is 2. The molecule has 0 spiro atoms. The molecule has 1 saturated heterocycles. The van der Waals surface area contributed by atoms with E-state index >= 15 is 0 Å². The lowest BCUT2D eigenvalue weighted by molar-refractivity contribution is -0.109. The average Bonchev–Trinajstić information content (AvgIpc) is 3.24. The van der Waals surface area contributed by atoms with Crippen LogP contribution in [0, 0.1) is 5.92 Å². The van der Waals surface area contributed by atoms with E-state index in [1.54, 1.807) is 7.11 Å². The van der Waals surface area contributed by atoms with Crippen molar-refractivity contribution in [1.29, 1.82) is 0 Å². The molecule has 0 aromatic heterocycles. The Morgan fingerprint density at radius 3 is 2.58 bits per heavy atom. The number of carbonyl (C=O) groups excluding carboxylic acids is 1. The summed E-state index contributed by atoms with van der Waals surface area (Å²) in [6.07, 6.45) is 7.06. The van der Waals surface area contributed by atoms with Crippen molar-refractivity contribution in [2.75, 3.05) is 20.4 Å². The van der Waals surface area contributed by atoms with Crippen LogP contribution in [-0.2, 0) is 16.0 Å². The van der Waals surface area contributed by atoms with E-state index in [4.69, 9.17) is 9.47 Å². The second-order valence-corrected chi connectivity index (χ2v) is 7.03. The van der Waals surface area contributed by atoms with Crippen molar-refractivity contribution in [2.24, 2.45) is 5.92 Å². The van der Waals surface area contributed by atoms with Gasteiger partial charge in [-0.3, -0.25) is 0 Å². The van der Waals surface area contributed by atoms with Crippen LogP contribution in [0.25, 0.3) is 0 Å². The monoisotopic (exact) mass is 333 g/mol. The fourth-order valence-electron chi connectivity index (χ4n) is 2.97. The third-order valence-corrected chi connectivity index (χ3v) is 4.54. The van der Waals surface area contributed by atoms with E-state index in [0.29, 0.717) is 12.7 Å². The maximum atomic E-state index is 9.94. The Morgan fingerprint density at radius 2 is 2.08 bits per heavy atom. The highest BCUT2D eigenvalue weighted by molar-refractivity contribution is 5.57. The Bertz CT molecular complexity index is 506. The van der Waals surface area contributed by atoms with Gasteiger partial charge < -0.3 is 19.6 Å². The molecule has 1 N–H and O–H groups in total. The second kappa shape index (κ2) is 9.80. The number of benzene rings is 1. The van der Waals surface area contributed by atoms with Gasteiger partial charge in [0.1, 0.15) is 12.0 Å². The molecular weight excluding hydrogens is 302 g/mol. The standard InChI is InChI=1S/C15H22O2.C5H9NO/c1-11(2)14-6-4-5-13(9-12-7-8-12)15(14)17-10-16-3;7-4-5-2-1-3-6-5/h4-6,11-12H,7-10H2,1-3H3;4-6H,1-3H2. The maximum Gasteiger partial charge on any atom is 0.188 e. The molecule has 2 fully saturated rings. The molecule has 1 aliphatic heterocycles. The quantitative estimate of drug-likeness (QED) is 0.611. The zero-order valence-electron chi connectivity index (χ0n) is 15.2. The number of hydrogen-bond acceptors (Lipinski definition) is 4. The summed E-state index contributed by atoms with van der Waals surface area (Å²) in [6, 6.07) is 6.66. The molecule has 1 unspecified atom stereocenters. The molecule has 1 atom stereocenters. The number of carbonyl (C=O) groups is 1. The smallest absolute Gasteiger partial charge is 0.188 e. The van der Waals surface area contributed by atoms with E-state index < -0.39 is 0 Å². The average molecular weight is 333 g/mol. The van der Waals surface area contributed by atoms with Crippen molar-refractivity contribution in [3.8, 4) is 5.75 Å². The molecular formula is C20H31NO3. The number of aldehydes is 1. The SMILES string of the molecule is COCOc1c(CC2CC2)cccc1C(C)C.O=CC1CCCN1. The van der Waals surface area contributed by atoms with Gasteiger partial charge in [0.25, 0.3) is 0 Å². The van der Waals surface area contributed by atoms with Gasteiger partial charge in [0, 0.05) is 7.11 Å². The van der Waals surface area contributed by atoms with Crippen LogP contribution in [0.15, 0.2) is 18.2 Å². The third-order valence-electron chi connectivity index (χ3n) is 4.54. The molecule has 4 nitrogen and oxygen atoms in total. The van der Waals surface area contributed by atoms with Crippen molar-refractivity contribution in [3.05, 3.63) is 29.3 Å². The molecule has 1 aliphatic carbocycles. The summed E-state index contributed by atoms with van der Waals surface area (Å²) in [5.74, 6) is 2.42. The topological polar surface area (TPSA) is 47.6 Å². The van der Waals surface area contributed by atoms with Crippen LogP contribution in [0.5, 0.6) is 5.75 Å².